The predicted octanol–water partition coefficient (Wildman–Crippen LogP) is -0.402. The Morgan fingerprint density at radius 3 is 2.41 bits per heavy atom. The quantitative estimate of drug-likeness (QED) is 0.238. The number of hydrogen-bond acceptors (Lipinski definition) is 11. The first-order valence-electron chi connectivity index (χ1n) is 9.50. The Kier molecular flexibility index (Phi) is 5.67. The number of aromatic hydroxyl groups is 3. The fourth-order valence-corrected chi connectivity index (χ4v) is 3.39. The van der Waals surface area contributed by atoms with Gasteiger partial charge in [0, 0.05) is 0 Å². The number of phenolic OH excluding ortho intramolecular Hbond substituents is 3. The van der Waals surface area contributed by atoms with Gasteiger partial charge in [-0.1, -0.05) is 6.07 Å². The van der Waals surface area contributed by atoms with Crippen LogP contribution < -0.4 is 9.47 Å². The monoisotopic (exact) mass is 448 g/mol. The van der Waals surface area contributed by atoms with E-state index in [0.717, 1.165) is 0 Å². The summed E-state index contributed by atoms with van der Waals surface area (Å²) in [5.74, 6) is -2.48. The molecular weight excluding hydrogens is 428 g/mol. The lowest BCUT2D eigenvalue weighted by Crippen LogP contribution is -2.60. The van der Waals surface area contributed by atoms with Gasteiger partial charge in [0.25, 0.3) is 0 Å². The fraction of sp³-hybridized carbons (Fsp3) is 0.286. The average molecular weight is 448 g/mol. The number of Topliss-reactive ketones (excluding diaryl/α,β-unsaturated/α-hetero) is 1. The van der Waals surface area contributed by atoms with E-state index in [1.54, 1.807) is 0 Å². The molecule has 2 heterocycles. The lowest BCUT2D eigenvalue weighted by molar-refractivity contribution is -0.277. The molecule has 0 bridgehead atoms. The van der Waals surface area contributed by atoms with Crippen LogP contribution in [0.3, 0.4) is 0 Å². The molecular formula is C21H20O11. The molecule has 0 aliphatic carbocycles. The number of carbonyl (C=O) groups excluding carboxylic acids is 1. The predicted molar refractivity (Wildman–Crippen MR) is 105 cm³/mol. The zero-order valence-corrected chi connectivity index (χ0v) is 16.3. The SMILES string of the molecule is O=C1/C(=C\c2ccc(O)c(O)c2)Oc2c1ccc(OC1OC(CO)C(O)C(O)C1O)c2O. The summed E-state index contributed by atoms with van der Waals surface area (Å²) in [5.41, 5.74) is 0.381. The number of hydrogen-bond donors (Lipinski definition) is 7. The van der Waals surface area contributed by atoms with Gasteiger partial charge in [0.05, 0.1) is 12.2 Å². The lowest BCUT2D eigenvalue weighted by atomic mass is 9.99. The van der Waals surface area contributed by atoms with Gasteiger partial charge in [0.15, 0.2) is 28.8 Å². The van der Waals surface area contributed by atoms with Crippen molar-refractivity contribution in [2.24, 2.45) is 0 Å². The molecule has 32 heavy (non-hydrogen) atoms. The van der Waals surface area contributed by atoms with E-state index in [-0.39, 0.29) is 34.3 Å². The van der Waals surface area contributed by atoms with Crippen molar-refractivity contribution < 1.29 is 54.8 Å². The van der Waals surface area contributed by atoms with Crippen molar-refractivity contribution in [1.29, 1.82) is 0 Å². The number of allylic oxidation sites excluding steroid dienone is 1. The van der Waals surface area contributed by atoms with Crippen LogP contribution in [-0.4, -0.2) is 78.8 Å². The second kappa shape index (κ2) is 8.30. The van der Waals surface area contributed by atoms with Gasteiger partial charge >= 0.3 is 0 Å². The summed E-state index contributed by atoms with van der Waals surface area (Å²) in [5, 5.41) is 68.6. The summed E-state index contributed by atoms with van der Waals surface area (Å²) in [4.78, 5) is 12.6. The Bertz CT molecular complexity index is 1080. The summed E-state index contributed by atoms with van der Waals surface area (Å²) >= 11 is 0. The summed E-state index contributed by atoms with van der Waals surface area (Å²) in [6.07, 6.45) is -6.38. The number of phenols is 3. The standard InChI is InChI=1S/C21H20O11/c22-7-14-16(26)18(28)19(29)21(32-14)31-12-4-2-9-15(25)13(30-20(9)17(12)27)6-8-1-3-10(23)11(24)5-8/h1-6,14,16,18-19,21-24,26-29H,7H2/b13-6+. The van der Waals surface area contributed by atoms with Gasteiger partial charge in [-0.3, -0.25) is 4.79 Å². The maximum absolute atomic E-state index is 12.6. The highest BCUT2D eigenvalue weighted by molar-refractivity contribution is 6.15. The molecule has 7 N–H and O–H groups in total. The highest BCUT2D eigenvalue weighted by atomic mass is 16.7. The average Bonchev–Trinajstić information content (AvgIpc) is 3.09. The minimum atomic E-state index is -1.69. The largest absolute Gasteiger partial charge is 0.504 e. The van der Waals surface area contributed by atoms with Gasteiger partial charge < -0.3 is 50.0 Å². The Hall–Kier alpha value is -3.35. The van der Waals surface area contributed by atoms with E-state index in [9.17, 15) is 40.5 Å². The Labute approximate surface area is 180 Å². The van der Waals surface area contributed by atoms with Crippen molar-refractivity contribution in [3.63, 3.8) is 0 Å². The molecule has 2 aliphatic rings. The van der Waals surface area contributed by atoms with E-state index in [4.69, 9.17) is 14.2 Å². The Balaban J connectivity index is 1.59. The smallest absolute Gasteiger partial charge is 0.232 e. The molecule has 0 amide bonds. The van der Waals surface area contributed by atoms with E-state index in [0.29, 0.717) is 5.56 Å². The van der Waals surface area contributed by atoms with Crippen LogP contribution in [0.25, 0.3) is 6.08 Å². The van der Waals surface area contributed by atoms with Crippen LogP contribution >= 0.6 is 0 Å². The number of benzene rings is 2. The molecule has 1 fully saturated rings. The highest BCUT2D eigenvalue weighted by Crippen LogP contribution is 2.45. The minimum Gasteiger partial charge on any atom is -0.504 e. The number of carbonyl (C=O) groups is 1. The molecule has 0 radical (unpaired) electrons. The molecule has 0 saturated carbocycles. The minimum absolute atomic E-state index is 0.0258. The van der Waals surface area contributed by atoms with Crippen molar-refractivity contribution in [3.8, 4) is 28.7 Å². The molecule has 1 saturated heterocycles. The third-order valence-corrected chi connectivity index (χ3v) is 5.16. The van der Waals surface area contributed by atoms with Gasteiger partial charge in [-0.25, -0.2) is 0 Å². The van der Waals surface area contributed by atoms with Crippen molar-refractivity contribution >= 4 is 11.9 Å². The summed E-state index contributed by atoms with van der Waals surface area (Å²) < 4.78 is 16.1. The van der Waals surface area contributed by atoms with E-state index >= 15 is 0 Å². The van der Waals surface area contributed by atoms with Crippen LogP contribution in [0.1, 0.15) is 15.9 Å². The van der Waals surface area contributed by atoms with Gasteiger partial charge in [-0.05, 0) is 35.9 Å². The molecule has 2 aromatic carbocycles. The zero-order chi connectivity index (χ0) is 23.2. The van der Waals surface area contributed by atoms with E-state index in [1.807, 2.05) is 0 Å². The molecule has 5 unspecified atom stereocenters. The Morgan fingerprint density at radius 2 is 1.72 bits per heavy atom. The topological polar surface area (TPSA) is 186 Å². The number of fused-ring (bicyclic) bond motifs is 1. The van der Waals surface area contributed by atoms with Gasteiger partial charge in [-0.2, -0.15) is 0 Å². The van der Waals surface area contributed by atoms with E-state index in [2.05, 4.69) is 0 Å². The van der Waals surface area contributed by atoms with Gasteiger partial charge in [0.2, 0.25) is 17.8 Å². The second-order valence-electron chi connectivity index (χ2n) is 7.29. The van der Waals surface area contributed by atoms with Crippen molar-refractivity contribution in [2.45, 2.75) is 30.7 Å². The van der Waals surface area contributed by atoms with Gasteiger partial charge in [-0.15, -0.1) is 0 Å². The van der Waals surface area contributed by atoms with E-state index in [1.165, 1.54) is 36.4 Å². The van der Waals surface area contributed by atoms with Crippen molar-refractivity contribution in [3.05, 3.63) is 47.2 Å². The molecule has 170 valence electrons. The van der Waals surface area contributed by atoms with Crippen LogP contribution in [0.4, 0.5) is 0 Å². The number of aliphatic hydroxyl groups is 4. The van der Waals surface area contributed by atoms with Crippen molar-refractivity contribution in [1.82, 2.24) is 0 Å². The molecule has 2 aromatic rings. The summed E-state index contributed by atoms with van der Waals surface area (Å²) in [7, 11) is 0. The lowest BCUT2D eigenvalue weighted by Gasteiger charge is -2.39. The summed E-state index contributed by atoms with van der Waals surface area (Å²) in [6.45, 7) is -0.653. The van der Waals surface area contributed by atoms with Crippen LogP contribution in [-0.2, 0) is 4.74 Å². The molecule has 11 nitrogen and oxygen atoms in total. The van der Waals surface area contributed by atoms with E-state index < -0.39 is 48.8 Å². The Morgan fingerprint density at radius 1 is 0.969 bits per heavy atom. The number of aliphatic hydroxyl groups excluding tert-OH is 4. The van der Waals surface area contributed by atoms with Crippen LogP contribution in [0.2, 0.25) is 0 Å². The normalized spacial score (nSPS) is 28.4. The molecule has 0 aromatic heterocycles. The molecule has 11 heteroatoms. The van der Waals surface area contributed by atoms with Crippen LogP contribution in [0.15, 0.2) is 36.1 Å². The number of ketones is 1. The first-order valence-corrected chi connectivity index (χ1v) is 9.50. The maximum atomic E-state index is 12.6. The summed E-state index contributed by atoms with van der Waals surface area (Å²) in [6, 6.07) is 6.43. The van der Waals surface area contributed by atoms with Gasteiger partial charge in [0.1, 0.15) is 24.4 Å². The fourth-order valence-electron chi connectivity index (χ4n) is 3.39. The third-order valence-electron chi connectivity index (χ3n) is 5.16. The van der Waals surface area contributed by atoms with Crippen LogP contribution in [0.5, 0.6) is 28.7 Å². The van der Waals surface area contributed by atoms with Crippen LogP contribution in [0, 0.1) is 0 Å². The van der Waals surface area contributed by atoms with Crippen molar-refractivity contribution in [2.75, 3.05) is 6.61 Å². The molecule has 2 aliphatic heterocycles. The molecule has 5 atom stereocenters. The number of ether oxygens (including phenoxy) is 3. The molecule has 4 rings (SSSR count). The zero-order valence-electron chi connectivity index (χ0n) is 16.3. The molecule has 0 spiro atoms. The first-order chi connectivity index (χ1) is 15.2. The maximum Gasteiger partial charge on any atom is 0.232 e. The number of rotatable bonds is 4. The highest BCUT2D eigenvalue weighted by Gasteiger charge is 2.45. The first kappa shape index (κ1) is 21.9. The third kappa shape index (κ3) is 3.72. The second-order valence-corrected chi connectivity index (χ2v) is 7.29.